The number of ketones is 1. The molecule has 0 aromatic heterocycles. The number of benzene rings is 1. The molecule has 1 aliphatic heterocycles. The minimum atomic E-state index is -2.96. The SMILES string of the molecule is O=C(Cc1ccc(Cl)c(F)c1)CC1CCS(=O)(=O)C1. The average molecular weight is 305 g/mol. The number of hydrogen-bond donors (Lipinski definition) is 0. The third-order valence-corrected chi connectivity index (χ3v) is 5.37. The van der Waals surface area contributed by atoms with Crippen molar-refractivity contribution in [1.82, 2.24) is 0 Å². The van der Waals surface area contributed by atoms with Crippen LogP contribution in [0.2, 0.25) is 5.02 Å². The summed E-state index contributed by atoms with van der Waals surface area (Å²) in [5.41, 5.74) is 0.563. The van der Waals surface area contributed by atoms with E-state index in [2.05, 4.69) is 0 Å². The van der Waals surface area contributed by atoms with Gasteiger partial charge < -0.3 is 0 Å². The van der Waals surface area contributed by atoms with E-state index in [1.165, 1.54) is 12.1 Å². The zero-order valence-electron chi connectivity index (χ0n) is 10.2. The van der Waals surface area contributed by atoms with Gasteiger partial charge >= 0.3 is 0 Å². The highest BCUT2D eigenvalue weighted by atomic mass is 35.5. The van der Waals surface area contributed by atoms with Crippen LogP contribution in [0, 0.1) is 11.7 Å². The molecule has 1 aromatic carbocycles. The molecular weight excluding hydrogens is 291 g/mol. The van der Waals surface area contributed by atoms with Crippen LogP contribution in [0.15, 0.2) is 18.2 Å². The molecule has 1 heterocycles. The summed E-state index contributed by atoms with van der Waals surface area (Å²) >= 11 is 5.56. The van der Waals surface area contributed by atoms with E-state index in [9.17, 15) is 17.6 Å². The first kappa shape index (κ1) is 14.5. The summed E-state index contributed by atoms with van der Waals surface area (Å²) in [6, 6.07) is 4.26. The lowest BCUT2D eigenvalue weighted by molar-refractivity contribution is -0.119. The Morgan fingerprint density at radius 2 is 2.16 bits per heavy atom. The van der Waals surface area contributed by atoms with Crippen LogP contribution >= 0.6 is 11.6 Å². The van der Waals surface area contributed by atoms with Crippen LogP contribution in [0.5, 0.6) is 0 Å². The van der Waals surface area contributed by atoms with E-state index >= 15 is 0 Å². The Morgan fingerprint density at radius 3 is 2.74 bits per heavy atom. The summed E-state index contributed by atoms with van der Waals surface area (Å²) in [6.07, 6.45) is 0.900. The Morgan fingerprint density at radius 1 is 1.42 bits per heavy atom. The lowest BCUT2D eigenvalue weighted by Gasteiger charge is -2.07. The van der Waals surface area contributed by atoms with Gasteiger partial charge in [0, 0.05) is 12.8 Å². The summed E-state index contributed by atoms with van der Waals surface area (Å²) in [6.45, 7) is 0. The molecule has 3 nitrogen and oxygen atoms in total. The summed E-state index contributed by atoms with van der Waals surface area (Å²) < 4.78 is 35.8. The maximum atomic E-state index is 13.2. The van der Waals surface area contributed by atoms with Crippen molar-refractivity contribution < 1.29 is 17.6 Å². The van der Waals surface area contributed by atoms with Gasteiger partial charge in [-0.3, -0.25) is 4.79 Å². The molecule has 19 heavy (non-hydrogen) atoms. The van der Waals surface area contributed by atoms with Crippen molar-refractivity contribution in [2.24, 2.45) is 5.92 Å². The van der Waals surface area contributed by atoms with Crippen LogP contribution in [0.1, 0.15) is 18.4 Å². The topological polar surface area (TPSA) is 51.2 Å². The standard InChI is InChI=1S/C13H14ClFO3S/c14-12-2-1-9(7-13(12)15)5-11(16)6-10-3-4-19(17,18)8-10/h1-2,7,10H,3-6,8H2. The van der Waals surface area contributed by atoms with Crippen LogP contribution in [0.4, 0.5) is 4.39 Å². The normalized spacial score (nSPS) is 21.5. The van der Waals surface area contributed by atoms with E-state index in [0.717, 1.165) is 0 Å². The fraction of sp³-hybridized carbons (Fsp3) is 0.462. The quantitative estimate of drug-likeness (QED) is 0.858. The third-order valence-electron chi connectivity index (χ3n) is 3.23. The molecule has 0 amide bonds. The van der Waals surface area contributed by atoms with Crippen LogP contribution in [-0.2, 0) is 21.1 Å². The molecule has 2 rings (SSSR count). The van der Waals surface area contributed by atoms with Crippen molar-refractivity contribution in [3.63, 3.8) is 0 Å². The molecule has 0 radical (unpaired) electrons. The van der Waals surface area contributed by atoms with Gasteiger partial charge in [-0.1, -0.05) is 17.7 Å². The van der Waals surface area contributed by atoms with Gasteiger partial charge in [0.1, 0.15) is 11.6 Å². The first-order valence-electron chi connectivity index (χ1n) is 6.02. The first-order valence-corrected chi connectivity index (χ1v) is 8.22. The minimum Gasteiger partial charge on any atom is -0.299 e. The number of rotatable bonds is 4. The molecule has 1 saturated heterocycles. The van der Waals surface area contributed by atoms with Crippen LogP contribution < -0.4 is 0 Å². The van der Waals surface area contributed by atoms with Gasteiger partial charge in [0.25, 0.3) is 0 Å². The smallest absolute Gasteiger partial charge is 0.150 e. The van der Waals surface area contributed by atoms with E-state index in [-0.39, 0.29) is 41.1 Å². The predicted molar refractivity (Wildman–Crippen MR) is 71.5 cm³/mol. The van der Waals surface area contributed by atoms with Crippen molar-refractivity contribution in [2.45, 2.75) is 19.3 Å². The second-order valence-corrected chi connectivity index (χ2v) is 7.57. The molecule has 1 aromatic rings. The Hall–Kier alpha value is -0.940. The number of halogens is 2. The number of sulfone groups is 1. The molecule has 1 aliphatic rings. The lowest BCUT2D eigenvalue weighted by atomic mass is 9.98. The predicted octanol–water partition coefficient (Wildman–Crippen LogP) is 2.42. The second-order valence-electron chi connectivity index (χ2n) is 4.94. The minimum absolute atomic E-state index is 0.0260. The van der Waals surface area contributed by atoms with Crippen LogP contribution in [0.3, 0.4) is 0 Å². The summed E-state index contributed by atoms with van der Waals surface area (Å²) in [5, 5.41) is 0.0260. The van der Waals surface area contributed by atoms with Gasteiger partial charge in [0.2, 0.25) is 0 Å². The lowest BCUT2D eigenvalue weighted by Crippen LogP contribution is -2.12. The van der Waals surface area contributed by atoms with E-state index in [1.807, 2.05) is 0 Å². The van der Waals surface area contributed by atoms with Gasteiger partial charge in [0.05, 0.1) is 16.5 Å². The number of carbonyl (C=O) groups is 1. The van der Waals surface area contributed by atoms with Crippen molar-refractivity contribution in [2.75, 3.05) is 11.5 Å². The van der Waals surface area contributed by atoms with Gasteiger partial charge in [-0.25, -0.2) is 12.8 Å². The van der Waals surface area contributed by atoms with Gasteiger partial charge in [-0.05, 0) is 30.0 Å². The number of hydrogen-bond acceptors (Lipinski definition) is 3. The number of carbonyl (C=O) groups excluding carboxylic acids is 1. The summed E-state index contributed by atoms with van der Waals surface area (Å²) in [4.78, 5) is 11.8. The molecular formula is C13H14ClFO3S. The average Bonchev–Trinajstić information content (AvgIpc) is 2.63. The molecule has 0 N–H and O–H groups in total. The summed E-state index contributed by atoms with van der Waals surface area (Å²) in [5.74, 6) is -0.442. The largest absolute Gasteiger partial charge is 0.299 e. The summed E-state index contributed by atoms with van der Waals surface area (Å²) in [7, 11) is -2.96. The Kier molecular flexibility index (Phi) is 4.26. The highest BCUT2D eigenvalue weighted by Gasteiger charge is 2.29. The third kappa shape index (κ3) is 4.01. The van der Waals surface area contributed by atoms with Crippen molar-refractivity contribution >= 4 is 27.2 Å². The van der Waals surface area contributed by atoms with Gasteiger partial charge in [0.15, 0.2) is 9.84 Å². The maximum absolute atomic E-state index is 13.2. The van der Waals surface area contributed by atoms with Gasteiger partial charge in [-0.15, -0.1) is 0 Å². The van der Waals surface area contributed by atoms with E-state index in [4.69, 9.17) is 11.6 Å². The Balaban J connectivity index is 1.93. The Labute approximate surface area is 116 Å². The van der Waals surface area contributed by atoms with E-state index in [0.29, 0.717) is 12.0 Å². The fourth-order valence-corrected chi connectivity index (χ4v) is 4.28. The molecule has 104 valence electrons. The molecule has 0 aliphatic carbocycles. The molecule has 0 spiro atoms. The van der Waals surface area contributed by atoms with Gasteiger partial charge in [-0.2, -0.15) is 0 Å². The van der Waals surface area contributed by atoms with Crippen molar-refractivity contribution in [3.8, 4) is 0 Å². The molecule has 6 heteroatoms. The molecule has 0 saturated carbocycles. The fourth-order valence-electron chi connectivity index (χ4n) is 2.30. The highest BCUT2D eigenvalue weighted by Crippen LogP contribution is 2.23. The van der Waals surface area contributed by atoms with Crippen LogP contribution in [0.25, 0.3) is 0 Å². The van der Waals surface area contributed by atoms with E-state index < -0.39 is 15.7 Å². The number of Topliss-reactive ketones (excluding diaryl/α,β-unsaturated/α-hetero) is 1. The van der Waals surface area contributed by atoms with Crippen molar-refractivity contribution in [1.29, 1.82) is 0 Å². The highest BCUT2D eigenvalue weighted by molar-refractivity contribution is 7.91. The van der Waals surface area contributed by atoms with Crippen molar-refractivity contribution in [3.05, 3.63) is 34.6 Å². The van der Waals surface area contributed by atoms with E-state index in [1.54, 1.807) is 6.07 Å². The Bertz CT molecular complexity index is 598. The zero-order valence-corrected chi connectivity index (χ0v) is 11.8. The monoisotopic (exact) mass is 304 g/mol. The maximum Gasteiger partial charge on any atom is 0.150 e. The molecule has 1 atom stereocenters. The van der Waals surface area contributed by atoms with Crippen LogP contribution in [-0.4, -0.2) is 25.7 Å². The first-order chi connectivity index (χ1) is 8.85. The molecule has 1 unspecified atom stereocenters. The second kappa shape index (κ2) is 5.59. The zero-order chi connectivity index (χ0) is 14.0. The molecule has 0 bridgehead atoms. The molecule has 1 fully saturated rings.